The van der Waals surface area contributed by atoms with Crippen molar-refractivity contribution in [1.29, 1.82) is 0 Å². The molecule has 3 heterocycles. The van der Waals surface area contributed by atoms with Crippen LogP contribution in [0, 0.1) is 12.7 Å². The minimum Gasteiger partial charge on any atom is -0.436 e. The number of carbonyl (C=O) groups is 1. The number of para-hydroxylation sites is 1. The Morgan fingerprint density at radius 2 is 1.94 bits per heavy atom. The lowest BCUT2D eigenvalue weighted by molar-refractivity contribution is -0.113. The molecule has 1 amide bonds. The van der Waals surface area contributed by atoms with E-state index in [1.54, 1.807) is 55.6 Å². The number of carbonyl (C=O) groups excluding carboxylic acids is 1. The smallest absolute Gasteiger partial charge is 0.234 e. The zero-order valence-electron chi connectivity index (χ0n) is 19.1. The molecule has 0 aliphatic carbocycles. The summed E-state index contributed by atoms with van der Waals surface area (Å²) in [5.41, 5.74) is 3.44. The number of aromatic nitrogens is 3. The topological polar surface area (TPSA) is 97.2 Å². The molecule has 0 fully saturated rings. The number of hydrogen-bond donors (Lipinski definition) is 2. The summed E-state index contributed by atoms with van der Waals surface area (Å²) >= 11 is 7.34. The molecule has 0 saturated carbocycles. The molecular formula is C26H20ClFN4O3S. The molecule has 0 atom stereocenters. The summed E-state index contributed by atoms with van der Waals surface area (Å²) in [5.74, 6) is 0.209. The third-order valence-corrected chi connectivity index (χ3v) is 7.01. The van der Waals surface area contributed by atoms with Gasteiger partial charge in [-0.3, -0.25) is 9.78 Å². The van der Waals surface area contributed by atoms with Crippen molar-refractivity contribution in [2.75, 3.05) is 11.1 Å². The number of nitrogens with one attached hydrogen (secondary N) is 1. The number of aliphatic hydroxyl groups excluding tert-OH is 1. The summed E-state index contributed by atoms with van der Waals surface area (Å²) in [7, 11) is 0. The largest absolute Gasteiger partial charge is 0.436 e. The molecule has 0 spiro atoms. The first-order chi connectivity index (χ1) is 17.4. The number of benzene rings is 2. The lowest BCUT2D eigenvalue weighted by Gasteiger charge is -2.24. The van der Waals surface area contributed by atoms with Gasteiger partial charge in [0.05, 0.1) is 39.9 Å². The molecule has 1 aliphatic heterocycles. The highest BCUT2D eigenvalue weighted by molar-refractivity contribution is 8.00. The van der Waals surface area contributed by atoms with Crippen LogP contribution in [0.3, 0.4) is 0 Å². The number of halogens is 2. The molecule has 2 aromatic heterocycles. The van der Waals surface area contributed by atoms with E-state index in [2.05, 4.69) is 20.3 Å². The van der Waals surface area contributed by atoms with E-state index >= 15 is 0 Å². The van der Waals surface area contributed by atoms with Crippen LogP contribution in [0.15, 0.2) is 59.8 Å². The third-order valence-electron chi connectivity index (χ3n) is 5.66. The fourth-order valence-electron chi connectivity index (χ4n) is 3.86. The molecule has 5 rings (SSSR count). The Morgan fingerprint density at radius 1 is 1.17 bits per heavy atom. The van der Waals surface area contributed by atoms with Gasteiger partial charge in [-0.05, 0) is 31.2 Å². The summed E-state index contributed by atoms with van der Waals surface area (Å²) < 4.78 is 20.7. The van der Waals surface area contributed by atoms with Gasteiger partial charge in [-0.15, -0.1) is 0 Å². The van der Waals surface area contributed by atoms with Crippen molar-refractivity contribution >= 4 is 35.0 Å². The number of aliphatic hydroxyl groups is 1. The number of ether oxygens (including phenoxy) is 1. The Morgan fingerprint density at radius 3 is 2.72 bits per heavy atom. The minimum absolute atomic E-state index is 0.0282. The molecule has 4 aromatic rings. The normalized spacial score (nSPS) is 11.9. The molecule has 2 aromatic carbocycles. The highest BCUT2D eigenvalue weighted by atomic mass is 35.5. The molecule has 7 nitrogen and oxygen atoms in total. The summed E-state index contributed by atoms with van der Waals surface area (Å²) in [5, 5.41) is 13.5. The van der Waals surface area contributed by atoms with Crippen molar-refractivity contribution in [1.82, 2.24) is 15.0 Å². The molecule has 0 bridgehead atoms. The molecule has 0 radical (unpaired) electrons. The summed E-state index contributed by atoms with van der Waals surface area (Å²) in [6.45, 7) is 1.60. The summed E-state index contributed by atoms with van der Waals surface area (Å²) in [4.78, 5) is 26.1. The minimum atomic E-state index is -0.471. The Bertz CT molecular complexity index is 1480. The second-order valence-electron chi connectivity index (χ2n) is 8.05. The number of thioether (sulfide) groups is 1. The molecular weight excluding hydrogens is 503 g/mol. The van der Waals surface area contributed by atoms with Crippen molar-refractivity contribution in [2.24, 2.45) is 0 Å². The second kappa shape index (κ2) is 10.2. The average Bonchev–Trinajstić information content (AvgIpc) is 2.88. The Balaban J connectivity index is 1.51. The van der Waals surface area contributed by atoms with Crippen molar-refractivity contribution in [3.63, 3.8) is 0 Å². The highest BCUT2D eigenvalue weighted by Gasteiger charge is 2.28. The van der Waals surface area contributed by atoms with Crippen LogP contribution in [0.5, 0.6) is 11.6 Å². The Kier molecular flexibility index (Phi) is 6.86. The van der Waals surface area contributed by atoms with E-state index in [9.17, 15) is 14.3 Å². The maximum absolute atomic E-state index is 14.6. The van der Waals surface area contributed by atoms with E-state index in [0.29, 0.717) is 44.7 Å². The van der Waals surface area contributed by atoms with E-state index in [4.69, 9.17) is 16.3 Å². The van der Waals surface area contributed by atoms with Gasteiger partial charge in [0.2, 0.25) is 11.8 Å². The fraction of sp³-hybridized carbons (Fsp3) is 0.154. The van der Waals surface area contributed by atoms with E-state index < -0.39 is 5.82 Å². The van der Waals surface area contributed by atoms with Crippen LogP contribution in [0.25, 0.3) is 11.4 Å². The van der Waals surface area contributed by atoms with Crippen molar-refractivity contribution in [3.05, 3.63) is 88.0 Å². The molecule has 182 valence electrons. The maximum Gasteiger partial charge on any atom is 0.234 e. The van der Waals surface area contributed by atoms with E-state index in [1.165, 1.54) is 17.8 Å². The van der Waals surface area contributed by atoms with Gasteiger partial charge in [-0.2, -0.15) is 4.98 Å². The quantitative estimate of drug-likeness (QED) is 0.222. The molecule has 1 aliphatic rings. The van der Waals surface area contributed by atoms with Crippen LogP contribution in [0.4, 0.5) is 10.1 Å². The van der Waals surface area contributed by atoms with Crippen LogP contribution in [0.1, 0.15) is 22.4 Å². The number of rotatable bonds is 6. The van der Waals surface area contributed by atoms with Crippen molar-refractivity contribution < 1.29 is 19.0 Å². The van der Waals surface area contributed by atoms with Gasteiger partial charge in [0.25, 0.3) is 0 Å². The zero-order valence-corrected chi connectivity index (χ0v) is 20.7. The van der Waals surface area contributed by atoms with Crippen LogP contribution >= 0.6 is 23.4 Å². The van der Waals surface area contributed by atoms with E-state index in [1.807, 2.05) is 0 Å². The monoisotopic (exact) mass is 522 g/mol. The number of aryl methyl sites for hydroxylation is 1. The lowest BCUT2D eigenvalue weighted by Crippen LogP contribution is -2.16. The standard InChI is InChI=1S/C26H20ClFN4O3S/c1-14-23-17(15(12-33)11-29-14)10-18-25(35-23)31-24(16-6-2-4-8-20(16)28)32-26(18)36-13-22(34)30-21-9-5-3-7-19(21)27/h2-9,11,33H,10,12-13H2,1H3,(H,30,34). The van der Waals surface area contributed by atoms with Crippen LogP contribution in [-0.2, 0) is 17.8 Å². The maximum atomic E-state index is 14.6. The first-order valence-corrected chi connectivity index (χ1v) is 12.4. The number of anilines is 1. The van der Waals surface area contributed by atoms with E-state index in [-0.39, 0.29) is 35.5 Å². The van der Waals surface area contributed by atoms with Gasteiger partial charge >= 0.3 is 0 Å². The summed E-state index contributed by atoms with van der Waals surface area (Å²) in [6.07, 6.45) is 1.98. The second-order valence-corrected chi connectivity index (χ2v) is 9.42. The number of hydrogen-bond acceptors (Lipinski definition) is 7. The van der Waals surface area contributed by atoms with Crippen LogP contribution < -0.4 is 10.1 Å². The van der Waals surface area contributed by atoms with Gasteiger partial charge in [-0.1, -0.05) is 47.6 Å². The van der Waals surface area contributed by atoms with E-state index in [0.717, 1.165) is 5.56 Å². The molecule has 0 saturated heterocycles. The van der Waals surface area contributed by atoms with Gasteiger partial charge in [0.15, 0.2) is 11.6 Å². The van der Waals surface area contributed by atoms with Crippen molar-refractivity contribution in [2.45, 2.75) is 25.0 Å². The Hall–Kier alpha value is -3.53. The predicted molar refractivity (Wildman–Crippen MR) is 136 cm³/mol. The molecule has 0 unspecified atom stereocenters. The first kappa shape index (κ1) is 24.2. The van der Waals surface area contributed by atoms with Gasteiger partial charge < -0.3 is 15.2 Å². The molecule has 10 heteroatoms. The van der Waals surface area contributed by atoms with Crippen LogP contribution in [0.2, 0.25) is 5.02 Å². The highest BCUT2D eigenvalue weighted by Crippen LogP contribution is 2.42. The Labute approximate surface area is 215 Å². The van der Waals surface area contributed by atoms with Gasteiger partial charge in [0, 0.05) is 23.7 Å². The zero-order chi connectivity index (χ0) is 25.2. The van der Waals surface area contributed by atoms with Gasteiger partial charge in [-0.25, -0.2) is 9.37 Å². The third kappa shape index (κ3) is 4.77. The fourth-order valence-corrected chi connectivity index (χ4v) is 4.87. The first-order valence-electron chi connectivity index (χ1n) is 11.0. The van der Waals surface area contributed by atoms with Crippen molar-refractivity contribution in [3.8, 4) is 23.0 Å². The number of pyridine rings is 1. The predicted octanol–water partition coefficient (Wildman–Crippen LogP) is 5.56. The lowest BCUT2D eigenvalue weighted by atomic mass is 9.99. The number of amides is 1. The van der Waals surface area contributed by atoms with Crippen LogP contribution in [-0.4, -0.2) is 31.7 Å². The molecule has 36 heavy (non-hydrogen) atoms. The number of nitrogens with zero attached hydrogens (tertiary/aromatic N) is 3. The van der Waals surface area contributed by atoms with Gasteiger partial charge in [0.1, 0.15) is 10.8 Å². The summed E-state index contributed by atoms with van der Waals surface area (Å²) in [6, 6.07) is 13.2. The number of fused-ring (bicyclic) bond motifs is 2. The average molecular weight is 523 g/mol. The molecule has 2 N–H and O–H groups in total. The SMILES string of the molecule is Cc1ncc(CO)c2c1Oc1nc(-c3ccccc3F)nc(SCC(=O)Nc3ccccc3Cl)c1C2.